The molecule has 4 heteroatoms. The van der Waals surface area contributed by atoms with Crippen LogP contribution in [0, 0.1) is 0 Å². The first kappa shape index (κ1) is 12.7. The number of aromatic nitrogens is 1. The fraction of sp³-hybridized carbons (Fsp3) is 0.357. The zero-order chi connectivity index (χ0) is 13.3. The van der Waals surface area contributed by atoms with E-state index in [1.165, 1.54) is 12.1 Å². The van der Waals surface area contributed by atoms with Gasteiger partial charge in [0.2, 0.25) is 0 Å². The molecular formula is C14H15F2NO. The van der Waals surface area contributed by atoms with Crippen LogP contribution in [0.15, 0.2) is 34.9 Å². The highest BCUT2D eigenvalue weighted by Gasteiger charge is 2.24. The van der Waals surface area contributed by atoms with E-state index in [0.29, 0.717) is 11.3 Å². The van der Waals surface area contributed by atoms with Gasteiger partial charge in [0.25, 0.3) is 5.92 Å². The normalized spacial score (nSPS) is 12.1. The monoisotopic (exact) mass is 251 g/mol. The Morgan fingerprint density at radius 3 is 2.50 bits per heavy atom. The summed E-state index contributed by atoms with van der Waals surface area (Å²) in [6.07, 6.45) is 0. The zero-order valence-electron chi connectivity index (χ0n) is 10.6. The van der Waals surface area contributed by atoms with Gasteiger partial charge in [-0.25, -0.2) is 8.78 Å². The SMILES string of the molecule is CC(C)c1cc(-c2cccc(C(C)(F)F)c2)no1. The molecule has 0 saturated carbocycles. The molecule has 0 amide bonds. The lowest BCUT2D eigenvalue weighted by atomic mass is 10.0. The van der Waals surface area contributed by atoms with Crippen molar-refractivity contribution in [2.45, 2.75) is 32.6 Å². The van der Waals surface area contributed by atoms with Crippen LogP contribution in [0.4, 0.5) is 8.78 Å². The summed E-state index contributed by atoms with van der Waals surface area (Å²) in [7, 11) is 0. The molecule has 0 unspecified atom stereocenters. The summed E-state index contributed by atoms with van der Waals surface area (Å²) in [5, 5.41) is 3.91. The molecule has 1 heterocycles. The molecule has 1 aromatic carbocycles. The van der Waals surface area contributed by atoms with Gasteiger partial charge in [-0.15, -0.1) is 0 Å². The molecule has 0 aliphatic rings. The van der Waals surface area contributed by atoms with Gasteiger partial charge in [0, 0.05) is 30.0 Å². The minimum atomic E-state index is -2.85. The number of hydrogen-bond donors (Lipinski definition) is 0. The lowest BCUT2D eigenvalue weighted by Gasteiger charge is -2.10. The van der Waals surface area contributed by atoms with Crippen molar-refractivity contribution in [3.05, 3.63) is 41.7 Å². The van der Waals surface area contributed by atoms with Crippen LogP contribution < -0.4 is 0 Å². The Labute approximate surface area is 105 Å². The topological polar surface area (TPSA) is 26.0 Å². The third-order valence-corrected chi connectivity index (χ3v) is 2.76. The van der Waals surface area contributed by atoms with Crippen LogP contribution in [0.5, 0.6) is 0 Å². The molecule has 2 rings (SSSR count). The molecule has 18 heavy (non-hydrogen) atoms. The maximum atomic E-state index is 13.2. The van der Waals surface area contributed by atoms with Gasteiger partial charge in [-0.3, -0.25) is 0 Å². The molecule has 0 N–H and O–H groups in total. The molecule has 0 atom stereocenters. The summed E-state index contributed by atoms with van der Waals surface area (Å²) in [6, 6.07) is 8.00. The lowest BCUT2D eigenvalue weighted by Crippen LogP contribution is -2.06. The Balaban J connectivity index is 2.38. The number of halogens is 2. The van der Waals surface area contributed by atoms with Gasteiger partial charge < -0.3 is 4.52 Å². The van der Waals surface area contributed by atoms with E-state index in [9.17, 15) is 8.78 Å². The Morgan fingerprint density at radius 1 is 1.22 bits per heavy atom. The summed E-state index contributed by atoms with van der Waals surface area (Å²) in [4.78, 5) is 0. The number of benzene rings is 1. The van der Waals surface area contributed by atoms with E-state index in [2.05, 4.69) is 5.16 Å². The molecule has 0 aliphatic heterocycles. The van der Waals surface area contributed by atoms with Gasteiger partial charge >= 0.3 is 0 Å². The Bertz CT molecular complexity index is 541. The van der Waals surface area contributed by atoms with Crippen LogP contribution in [0.2, 0.25) is 0 Å². The van der Waals surface area contributed by atoms with E-state index in [1.54, 1.807) is 18.2 Å². The van der Waals surface area contributed by atoms with Crippen LogP contribution in [0.1, 0.15) is 38.0 Å². The highest BCUT2D eigenvalue weighted by atomic mass is 19.3. The maximum absolute atomic E-state index is 13.2. The van der Waals surface area contributed by atoms with Crippen molar-refractivity contribution < 1.29 is 13.3 Å². The number of alkyl halides is 2. The molecule has 0 spiro atoms. The summed E-state index contributed by atoms with van der Waals surface area (Å²) in [5.74, 6) is -1.87. The predicted molar refractivity (Wildman–Crippen MR) is 65.6 cm³/mol. The Kier molecular flexibility index (Phi) is 3.20. The van der Waals surface area contributed by atoms with Crippen LogP contribution in [-0.4, -0.2) is 5.16 Å². The highest BCUT2D eigenvalue weighted by Crippen LogP contribution is 2.30. The van der Waals surface area contributed by atoms with Crippen molar-refractivity contribution in [2.24, 2.45) is 0 Å². The van der Waals surface area contributed by atoms with Crippen molar-refractivity contribution in [3.63, 3.8) is 0 Å². The van der Waals surface area contributed by atoms with Crippen LogP contribution in [-0.2, 0) is 5.92 Å². The molecule has 96 valence electrons. The van der Waals surface area contributed by atoms with Gasteiger partial charge in [0.05, 0.1) is 0 Å². The van der Waals surface area contributed by atoms with Crippen molar-refractivity contribution in [2.75, 3.05) is 0 Å². The second kappa shape index (κ2) is 4.52. The fourth-order valence-electron chi connectivity index (χ4n) is 1.65. The quantitative estimate of drug-likeness (QED) is 0.798. The standard InChI is InChI=1S/C14H15F2NO/c1-9(2)13-8-12(17-18-13)10-5-4-6-11(7-10)14(3,15)16/h4-9H,1-3H3. The van der Waals surface area contributed by atoms with Crippen molar-refractivity contribution >= 4 is 0 Å². The molecule has 0 fully saturated rings. The molecule has 0 saturated heterocycles. The van der Waals surface area contributed by atoms with Gasteiger partial charge in [-0.05, 0) is 6.07 Å². The molecule has 0 aliphatic carbocycles. The van der Waals surface area contributed by atoms with Gasteiger partial charge in [-0.2, -0.15) is 0 Å². The first-order valence-electron chi connectivity index (χ1n) is 5.83. The smallest absolute Gasteiger partial charge is 0.270 e. The number of rotatable bonds is 3. The maximum Gasteiger partial charge on any atom is 0.270 e. The van der Waals surface area contributed by atoms with E-state index < -0.39 is 5.92 Å². The van der Waals surface area contributed by atoms with Crippen molar-refractivity contribution in [1.29, 1.82) is 0 Å². The minimum Gasteiger partial charge on any atom is -0.361 e. The van der Waals surface area contributed by atoms with Gasteiger partial charge in [0.15, 0.2) is 0 Å². The predicted octanol–water partition coefficient (Wildman–Crippen LogP) is 4.58. The zero-order valence-corrected chi connectivity index (χ0v) is 10.6. The molecule has 2 aromatic rings. The van der Waals surface area contributed by atoms with E-state index in [0.717, 1.165) is 12.7 Å². The third-order valence-electron chi connectivity index (χ3n) is 2.76. The van der Waals surface area contributed by atoms with Gasteiger partial charge in [-0.1, -0.05) is 37.2 Å². The molecule has 0 bridgehead atoms. The first-order valence-corrected chi connectivity index (χ1v) is 5.83. The molecule has 1 aromatic heterocycles. The van der Waals surface area contributed by atoms with E-state index in [-0.39, 0.29) is 11.5 Å². The largest absolute Gasteiger partial charge is 0.361 e. The summed E-state index contributed by atoms with van der Waals surface area (Å²) >= 11 is 0. The summed E-state index contributed by atoms with van der Waals surface area (Å²) in [6.45, 7) is 4.86. The molecule has 0 radical (unpaired) electrons. The average Bonchev–Trinajstić information content (AvgIpc) is 2.77. The lowest BCUT2D eigenvalue weighted by molar-refractivity contribution is 0.0175. The molecule has 2 nitrogen and oxygen atoms in total. The number of hydrogen-bond acceptors (Lipinski definition) is 2. The van der Waals surface area contributed by atoms with E-state index in [4.69, 9.17) is 4.52 Å². The number of nitrogens with zero attached hydrogens (tertiary/aromatic N) is 1. The van der Waals surface area contributed by atoms with Crippen LogP contribution in [0.3, 0.4) is 0 Å². The second-order valence-corrected chi connectivity index (χ2v) is 4.74. The fourth-order valence-corrected chi connectivity index (χ4v) is 1.65. The van der Waals surface area contributed by atoms with E-state index in [1.807, 2.05) is 13.8 Å². The second-order valence-electron chi connectivity index (χ2n) is 4.74. The highest BCUT2D eigenvalue weighted by molar-refractivity contribution is 5.60. The van der Waals surface area contributed by atoms with Crippen molar-refractivity contribution in [3.8, 4) is 11.3 Å². The third kappa shape index (κ3) is 2.58. The average molecular weight is 251 g/mol. The first-order chi connectivity index (χ1) is 8.38. The van der Waals surface area contributed by atoms with E-state index >= 15 is 0 Å². The Morgan fingerprint density at radius 2 is 1.94 bits per heavy atom. The molecular weight excluding hydrogens is 236 g/mol. The summed E-state index contributed by atoms with van der Waals surface area (Å²) in [5.41, 5.74) is 1.21. The van der Waals surface area contributed by atoms with Crippen LogP contribution >= 0.6 is 0 Å². The minimum absolute atomic E-state index is 0.0194. The van der Waals surface area contributed by atoms with Crippen LogP contribution in [0.25, 0.3) is 11.3 Å². The van der Waals surface area contributed by atoms with Gasteiger partial charge in [0.1, 0.15) is 11.5 Å². The Hall–Kier alpha value is -1.71. The van der Waals surface area contributed by atoms with Crippen molar-refractivity contribution in [1.82, 2.24) is 5.16 Å². The summed E-state index contributed by atoms with van der Waals surface area (Å²) < 4.78 is 31.6.